The molecule has 1 amide bonds. The lowest BCUT2D eigenvalue weighted by Gasteiger charge is -2.09. The molecule has 6 heteroatoms. The first-order valence-corrected chi connectivity index (χ1v) is 6.94. The first-order chi connectivity index (χ1) is 9.01. The van der Waals surface area contributed by atoms with Crippen molar-refractivity contribution in [1.82, 2.24) is 10.3 Å². The lowest BCUT2D eigenvalue weighted by atomic mass is 10.1. The van der Waals surface area contributed by atoms with Crippen LogP contribution in [0, 0.1) is 25.2 Å². The van der Waals surface area contributed by atoms with E-state index in [1.165, 1.54) is 11.8 Å². The van der Waals surface area contributed by atoms with Crippen molar-refractivity contribution in [2.45, 2.75) is 18.9 Å². The minimum Gasteiger partial charge on any atom is -0.352 e. The molecule has 100 valence electrons. The van der Waals surface area contributed by atoms with Crippen LogP contribution in [-0.4, -0.2) is 23.2 Å². The molecule has 0 aliphatic heterocycles. The van der Waals surface area contributed by atoms with Crippen LogP contribution in [0.15, 0.2) is 17.7 Å². The van der Waals surface area contributed by atoms with Gasteiger partial charge in [0.25, 0.3) is 0 Å². The molecule has 0 aromatic carbocycles. The number of carbonyl (C=O) groups is 1. The van der Waals surface area contributed by atoms with E-state index in [4.69, 9.17) is 16.9 Å². The molecule has 0 aliphatic carbocycles. The first-order valence-electron chi connectivity index (χ1n) is 5.58. The van der Waals surface area contributed by atoms with Gasteiger partial charge in [0.05, 0.1) is 22.0 Å². The molecule has 0 saturated carbocycles. The van der Waals surface area contributed by atoms with Gasteiger partial charge in [-0.15, -0.1) is 6.58 Å². The maximum absolute atomic E-state index is 11.5. The summed E-state index contributed by atoms with van der Waals surface area (Å²) in [6.07, 6.45) is 1.61. The zero-order valence-electron chi connectivity index (χ0n) is 10.8. The molecule has 0 spiro atoms. The number of halogens is 1. The highest BCUT2D eigenvalue weighted by atomic mass is 35.5. The van der Waals surface area contributed by atoms with Crippen LogP contribution < -0.4 is 5.32 Å². The van der Waals surface area contributed by atoms with E-state index in [-0.39, 0.29) is 11.7 Å². The third kappa shape index (κ3) is 3.98. The fourth-order valence-corrected chi connectivity index (χ4v) is 2.46. The van der Waals surface area contributed by atoms with Gasteiger partial charge in [0.1, 0.15) is 11.1 Å². The van der Waals surface area contributed by atoms with Gasteiger partial charge in [0, 0.05) is 6.54 Å². The maximum Gasteiger partial charge on any atom is 0.230 e. The molecule has 0 fully saturated rings. The van der Waals surface area contributed by atoms with Crippen LogP contribution >= 0.6 is 23.4 Å². The highest BCUT2D eigenvalue weighted by molar-refractivity contribution is 8.00. The molecule has 1 rings (SSSR count). The number of hydrogen-bond donors (Lipinski definition) is 1. The largest absolute Gasteiger partial charge is 0.352 e. The predicted molar refractivity (Wildman–Crippen MR) is 77.4 cm³/mol. The van der Waals surface area contributed by atoms with Gasteiger partial charge < -0.3 is 5.32 Å². The second kappa shape index (κ2) is 7.17. The Bertz CT molecular complexity index is 552. The number of aryl methyl sites for hydroxylation is 1. The summed E-state index contributed by atoms with van der Waals surface area (Å²) in [5.74, 6) is 0.0802. The molecule has 1 aromatic heterocycles. The van der Waals surface area contributed by atoms with Gasteiger partial charge in [0.15, 0.2) is 0 Å². The molecule has 0 radical (unpaired) electrons. The van der Waals surface area contributed by atoms with E-state index < -0.39 is 0 Å². The van der Waals surface area contributed by atoms with Gasteiger partial charge in [-0.2, -0.15) is 5.26 Å². The van der Waals surface area contributed by atoms with E-state index in [1.807, 2.05) is 0 Å². The number of nitriles is 1. The van der Waals surface area contributed by atoms with Crippen LogP contribution in [0.1, 0.15) is 16.8 Å². The maximum atomic E-state index is 11.5. The van der Waals surface area contributed by atoms with Crippen LogP contribution in [0.2, 0.25) is 5.02 Å². The minimum atomic E-state index is -0.124. The van der Waals surface area contributed by atoms with Crippen molar-refractivity contribution < 1.29 is 4.79 Å². The van der Waals surface area contributed by atoms with Crippen LogP contribution in [0.3, 0.4) is 0 Å². The number of rotatable bonds is 5. The van der Waals surface area contributed by atoms with Crippen molar-refractivity contribution in [2.75, 3.05) is 12.3 Å². The fraction of sp³-hybridized carbons (Fsp3) is 0.308. The molecule has 0 bridgehead atoms. The summed E-state index contributed by atoms with van der Waals surface area (Å²) in [7, 11) is 0. The Morgan fingerprint density at radius 3 is 2.89 bits per heavy atom. The summed E-state index contributed by atoms with van der Waals surface area (Å²) in [6.45, 7) is 7.50. The highest BCUT2D eigenvalue weighted by Crippen LogP contribution is 2.29. The van der Waals surface area contributed by atoms with Gasteiger partial charge in [-0.25, -0.2) is 4.98 Å². The number of pyridine rings is 1. The van der Waals surface area contributed by atoms with E-state index in [1.54, 1.807) is 19.9 Å². The molecule has 4 nitrogen and oxygen atoms in total. The molecule has 0 atom stereocenters. The Morgan fingerprint density at radius 1 is 1.63 bits per heavy atom. The van der Waals surface area contributed by atoms with Crippen LogP contribution in [-0.2, 0) is 4.79 Å². The third-order valence-corrected chi connectivity index (χ3v) is 3.93. The monoisotopic (exact) mass is 295 g/mol. The molecule has 0 saturated heterocycles. The SMILES string of the molecule is C=CCNC(=O)CSc1nc(C)c(Cl)c(C)c1C#N. The van der Waals surface area contributed by atoms with Gasteiger partial charge in [0.2, 0.25) is 5.91 Å². The number of aromatic nitrogens is 1. The normalized spacial score (nSPS) is 9.79. The lowest BCUT2D eigenvalue weighted by molar-refractivity contribution is -0.118. The van der Waals surface area contributed by atoms with Crippen LogP contribution in [0.4, 0.5) is 0 Å². The Morgan fingerprint density at radius 2 is 2.32 bits per heavy atom. The average molecular weight is 296 g/mol. The molecular formula is C13H14ClN3OS. The van der Waals surface area contributed by atoms with Gasteiger partial charge in [-0.05, 0) is 19.4 Å². The van der Waals surface area contributed by atoms with Crippen molar-refractivity contribution >= 4 is 29.3 Å². The summed E-state index contributed by atoms with van der Waals surface area (Å²) in [4.78, 5) is 15.8. The summed E-state index contributed by atoms with van der Waals surface area (Å²) < 4.78 is 0. The average Bonchev–Trinajstić information content (AvgIpc) is 2.40. The standard InChI is InChI=1S/C13H14ClN3OS/c1-4-5-16-11(18)7-19-13-10(6-15)8(2)12(14)9(3)17-13/h4H,1,5,7H2,2-3H3,(H,16,18). The second-order valence-electron chi connectivity index (χ2n) is 3.81. The number of amides is 1. The van der Waals surface area contributed by atoms with Crippen molar-refractivity contribution in [1.29, 1.82) is 5.26 Å². The van der Waals surface area contributed by atoms with E-state index in [0.29, 0.717) is 33.4 Å². The van der Waals surface area contributed by atoms with E-state index in [0.717, 1.165) is 0 Å². The van der Waals surface area contributed by atoms with Crippen molar-refractivity contribution in [3.63, 3.8) is 0 Å². The molecule has 1 N–H and O–H groups in total. The summed E-state index contributed by atoms with van der Waals surface area (Å²) >= 11 is 7.28. The van der Waals surface area contributed by atoms with Crippen LogP contribution in [0.5, 0.6) is 0 Å². The van der Waals surface area contributed by atoms with E-state index >= 15 is 0 Å². The topological polar surface area (TPSA) is 65.8 Å². The highest BCUT2D eigenvalue weighted by Gasteiger charge is 2.14. The quantitative estimate of drug-likeness (QED) is 0.670. The van der Waals surface area contributed by atoms with Gasteiger partial charge in [-0.3, -0.25) is 4.79 Å². The van der Waals surface area contributed by atoms with Crippen molar-refractivity contribution in [3.8, 4) is 6.07 Å². The van der Waals surface area contributed by atoms with Crippen molar-refractivity contribution in [2.24, 2.45) is 0 Å². The lowest BCUT2D eigenvalue weighted by Crippen LogP contribution is -2.25. The summed E-state index contributed by atoms with van der Waals surface area (Å²) in [5, 5.41) is 12.8. The zero-order chi connectivity index (χ0) is 14.4. The van der Waals surface area contributed by atoms with Crippen LogP contribution in [0.25, 0.3) is 0 Å². The molecular weight excluding hydrogens is 282 g/mol. The molecule has 19 heavy (non-hydrogen) atoms. The van der Waals surface area contributed by atoms with Gasteiger partial charge >= 0.3 is 0 Å². The smallest absolute Gasteiger partial charge is 0.230 e. The Hall–Kier alpha value is -1.51. The third-order valence-electron chi connectivity index (χ3n) is 2.40. The molecule has 0 aliphatic rings. The molecule has 0 unspecified atom stereocenters. The summed E-state index contributed by atoms with van der Waals surface area (Å²) in [6, 6.07) is 2.08. The second-order valence-corrected chi connectivity index (χ2v) is 5.15. The summed E-state index contributed by atoms with van der Waals surface area (Å²) in [5.41, 5.74) is 1.79. The first kappa shape index (κ1) is 15.5. The Labute approximate surface area is 121 Å². The zero-order valence-corrected chi connectivity index (χ0v) is 12.4. The molecule has 1 aromatic rings. The van der Waals surface area contributed by atoms with Crippen molar-refractivity contribution in [3.05, 3.63) is 34.5 Å². The van der Waals surface area contributed by atoms with E-state index in [2.05, 4.69) is 22.9 Å². The number of nitrogens with zero attached hydrogens (tertiary/aromatic N) is 2. The minimum absolute atomic E-state index is 0.124. The van der Waals surface area contributed by atoms with Gasteiger partial charge in [-0.1, -0.05) is 29.4 Å². The number of hydrogen-bond acceptors (Lipinski definition) is 4. The number of nitrogens with one attached hydrogen (secondary N) is 1. The molecule has 1 heterocycles. The Balaban J connectivity index is 2.87. The number of carbonyl (C=O) groups excluding carboxylic acids is 1. The van der Waals surface area contributed by atoms with E-state index in [9.17, 15) is 4.79 Å². The predicted octanol–water partition coefficient (Wildman–Crippen LogP) is 2.62. The fourth-order valence-electron chi connectivity index (χ4n) is 1.41. The number of thioether (sulfide) groups is 1. The Kier molecular flexibility index (Phi) is 5.87.